The summed E-state index contributed by atoms with van der Waals surface area (Å²) in [6.07, 6.45) is -2.87. The van der Waals surface area contributed by atoms with Gasteiger partial charge in [0, 0.05) is 12.5 Å². The zero-order valence-corrected chi connectivity index (χ0v) is 19.3. The summed E-state index contributed by atoms with van der Waals surface area (Å²) in [4.78, 5) is 12.3. The monoisotopic (exact) mass is 445 g/mol. The topological polar surface area (TPSA) is 78.8 Å². The summed E-state index contributed by atoms with van der Waals surface area (Å²) in [5, 5.41) is 23.4. The zero-order chi connectivity index (χ0) is 23.6. The number of aliphatic hydroxyl groups is 2. The van der Waals surface area contributed by atoms with Crippen LogP contribution in [0.15, 0.2) is 72.8 Å². The molecule has 1 aliphatic carbocycles. The van der Waals surface area contributed by atoms with Crippen molar-refractivity contribution in [3.63, 3.8) is 0 Å². The summed E-state index contributed by atoms with van der Waals surface area (Å²) in [5.74, 6) is -0.0278. The average Bonchev–Trinajstić information content (AvgIpc) is 3.14. The Morgan fingerprint density at radius 1 is 0.909 bits per heavy atom. The molecule has 1 amide bonds. The number of amides is 1. The Bertz CT molecular complexity index is 1070. The number of nitrogens with one attached hydrogen (secondary N) is 1. The lowest BCUT2D eigenvalue weighted by molar-refractivity contribution is 0.0185. The van der Waals surface area contributed by atoms with Crippen LogP contribution in [0.1, 0.15) is 55.0 Å². The maximum Gasteiger partial charge on any atom is 0.407 e. The quantitative estimate of drug-likeness (QED) is 0.503. The summed E-state index contributed by atoms with van der Waals surface area (Å²) in [6, 6.07) is 23.8. The molecule has 0 saturated heterocycles. The van der Waals surface area contributed by atoms with Crippen LogP contribution in [0, 0.1) is 0 Å². The minimum atomic E-state index is -1.15. The highest BCUT2D eigenvalue weighted by Gasteiger charge is 2.29. The lowest BCUT2D eigenvalue weighted by atomic mass is 9.86. The van der Waals surface area contributed by atoms with Gasteiger partial charge in [-0.05, 0) is 38.8 Å². The second-order valence-corrected chi connectivity index (χ2v) is 9.59. The fourth-order valence-electron chi connectivity index (χ4n) is 4.35. The van der Waals surface area contributed by atoms with Crippen molar-refractivity contribution in [2.75, 3.05) is 13.2 Å². The van der Waals surface area contributed by atoms with E-state index >= 15 is 0 Å². The van der Waals surface area contributed by atoms with Gasteiger partial charge in [-0.3, -0.25) is 0 Å². The maximum absolute atomic E-state index is 12.3. The molecule has 0 bridgehead atoms. The van der Waals surface area contributed by atoms with Gasteiger partial charge in [0.2, 0.25) is 0 Å². The van der Waals surface area contributed by atoms with Gasteiger partial charge >= 0.3 is 6.09 Å². The lowest BCUT2D eigenvalue weighted by Crippen LogP contribution is -2.36. The number of hydrogen-bond donors (Lipinski definition) is 3. The number of carbonyl (C=O) groups is 1. The van der Waals surface area contributed by atoms with Crippen LogP contribution in [0.3, 0.4) is 0 Å². The van der Waals surface area contributed by atoms with E-state index in [0.29, 0.717) is 5.56 Å². The molecule has 0 heterocycles. The molecule has 2 atom stereocenters. The fraction of sp³-hybridized carbons (Fsp3) is 0.321. The molecule has 0 spiro atoms. The highest BCUT2D eigenvalue weighted by molar-refractivity contribution is 5.79. The van der Waals surface area contributed by atoms with Crippen molar-refractivity contribution in [2.24, 2.45) is 0 Å². The highest BCUT2D eigenvalue weighted by Crippen LogP contribution is 2.44. The van der Waals surface area contributed by atoms with Crippen molar-refractivity contribution in [1.29, 1.82) is 0 Å². The molecule has 0 aliphatic heterocycles. The van der Waals surface area contributed by atoms with Crippen LogP contribution in [-0.2, 0) is 10.2 Å². The lowest BCUT2D eigenvalue weighted by Gasteiger charge is -2.22. The smallest absolute Gasteiger partial charge is 0.407 e. The third-order valence-electron chi connectivity index (χ3n) is 6.28. The Morgan fingerprint density at radius 2 is 1.45 bits per heavy atom. The second-order valence-electron chi connectivity index (χ2n) is 9.59. The Morgan fingerprint density at radius 3 is 2.00 bits per heavy atom. The van der Waals surface area contributed by atoms with Gasteiger partial charge in [0.25, 0.3) is 0 Å². The van der Waals surface area contributed by atoms with Crippen molar-refractivity contribution in [3.8, 4) is 11.1 Å². The molecule has 172 valence electrons. The molecule has 3 aromatic rings. The molecular weight excluding hydrogens is 414 g/mol. The van der Waals surface area contributed by atoms with E-state index in [4.69, 9.17) is 4.74 Å². The van der Waals surface area contributed by atoms with Crippen LogP contribution in [0.25, 0.3) is 11.1 Å². The summed E-state index contributed by atoms with van der Waals surface area (Å²) < 4.78 is 5.49. The predicted octanol–water partition coefficient (Wildman–Crippen LogP) is 4.92. The van der Waals surface area contributed by atoms with E-state index in [9.17, 15) is 15.0 Å². The van der Waals surface area contributed by atoms with Crippen molar-refractivity contribution in [3.05, 3.63) is 95.1 Å². The SMILES string of the molecule is CC(C)(C)c1ccc(C(O)C(O)CNC(=O)OCC2c3ccccc3-c3ccccc32)cc1. The highest BCUT2D eigenvalue weighted by atomic mass is 16.5. The summed E-state index contributed by atoms with van der Waals surface area (Å²) in [6.45, 7) is 6.44. The second kappa shape index (κ2) is 9.38. The number of carbonyl (C=O) groups excluding carboxylic acids is 1. The first-order valence-electron chi connectivity index (χ1n) is 11.3. The Labute approximate surface area is 195 Å². The Balaban J connectivity index is 1.32. The van der Waals surface area contributed by atoms with E-state index < -0.39 is 18.3 Å². The van der Waals surface area contributed by atoms with Gasteiger partial charge in [-0.15, -0.1) is 0 Å². The average molecular weight is 446 g/mol. The molecule has 0 radical (unpaired) electrons. The summed E-state index contributed by atoms with van der Waals surface area (Å²) >= 11 is 0. The van der Waals surface area contributed by atoms with E-state index in [1.165, 1.54) is 0 Å². The zero-order valence-electron chi connectivity index (χ0n) is 19.3. The minimum absolute atomic E-state index is 0.00770. The molecule has 2 unspecified atom stereocenters. The van der Waals surface area contributed by atoms with E-state index in [1.54, 1.807) is 0 Å². The van der Waals surface area contributed by atoms with Crippen molar-refractivity contribution < 1.29 is 19.7 Å². The fourth-order valence-corrected chi connectivity index (χ4v) is 4.35. The largest absolute Gasteiger partial charge is 0.449 e. The van der Waals surface area contributed by atoms with Crippen LogP contribution in [0.5, 0.6) is 0 Å². The van der Waals surface area contributed by atoms with Crippen LogP contribution in [0.4, 0.5) is 4.79 Å². The van der Waals surface area contributed by atoms with Gasteiger partial charge in [-0.25, -0.2) is 4.79 Å². The summed E-state index contributed by atoms with van der Waals surface area (Å²) in [7, 11) is 0. The molecule has 0 fully saturated rings. The van der Waals surface area contributed by atoms with Crippen molar-refractivity contribution >= 4 is 6.09 Å². The molecule has 0 saturated carbocycles. The third-order valence-corrected chi connectivity index (χ3v) is 6.28. The minimum Gasteiger partial charge on any atom is -0.449 e. The first-order chi connectivity index (χ1) is 15.8. The van der Waals surface area contributed by atoms with Crippen LogP contribution in [0.2, 0.25) is 0 Å². The van der Waals surface area contributed by atoms with E-state index in [1.807, 2.05) is 48.5 Å². The Hall–Kier alpha value is -3.15. The van der Waals surface area contributed by atoms with E-state index in [-0.39, 0.29) is 24.5 Å². The number of hydrogen-bond acceptors (Lipinski definition) is 4. The molecule has 3 N–H and O–H groups in total. The first-order valence-corrected chi connectivity index (χ1v) is 11.3. The van der Waals surface area contributed by atoms with Gasteiger partial charge in [-0.1, -0.05) is 93.6 Å². The van der Waals surface area contributed by atoms with Crippen molar-refractivity contribution in [2.45, 2.75) is 44.3 Å². The van der Waals surface area contributed by atoms with Crippen LogP contribution < -0.4 is 5.32 Å². The molecule has 33 heavy (non-hydrogen) atoms. The standard InChI is InChI=1S/C28H31NO4/c1-28(2,3)19-14-12-18(13-15-19)26(31)25(30)16-29-27(32)33-17-24-22-10-6-4-8-20(22)21-9-5-7-11-23(21)24/h4-15,24-26,30-31H,16-17H2,1-3H3,(H,29,32). The number of ether oxygens (including phenoxy) is 1. The molecule has 1 aliphatic rings. The Kier molecular flexibility index (Phi) is 6.54. The van der Waals surface area contributed by atoms with Crippen LogP contribution >= 0.6 is 0 Å². The van der Waals surface area contributed by atoms with E-state index in [2.05, 4.69) is 50.4 Å². The van der Waals surface area contributed by atoms with Crippen molar-refractivity contribution in [1.82, 2.24) is 5.32 Å². The van der Waals surface area contributed by atoms with Gasteiger partial charge in [0.05, 0.1) is 0 Å². The van der Waals surface area contributed by atoms with Gasteiger partial charge in [0.1, 0.15) is 18.8 Å². The van der Waals surface area contributed by atoms with Gasteiger partial charge < -0.3 is 20.3 Å². The first kappa shape index (κ1) is 23.0. The van der Waals surface area contributed by atoms with E-state index in [0.717, 1.165) is 27.8 Å². The summed E-state index contributed by atoms with van der Waals surface area (Å²) in [5.41, 5.74) is 6.36. The molecule has 0 aromatic heterocycles. The molecular formula is C28H31NO4. The number of alkyl carbamates (subject to hydrolysis) is 1. The number of fused-ring (bicyclic) bond motifs is 3. The maximum atomic E-state index is 12.3. The van der Waals surface area contributed by atoms with Crippen LogP contribution in [-0.4, -0.2) is 35.6 Å². The molecule has 4 rings (SSSR count). The van der Waals surface area contributed by atoms with Gasteiger partial charge in [0.15, 0.2) is 0 Å². The number of aliphatic hydroxyl groups excluding tert-OH is 2. The molecule has 5 heteroatoms. The molecule has 3 aromatic carbocycles. The molecule has 5 nitrogen and oxygen atoms in total. The third kappa shape index (κ3) is 4.95. The van der Waals surface area contributed by atoms with Gasteiger partial charge in [-0.2, -0.15) is 0 Å². The number of benzene rings is 3. The predicted molar refractivity (Wildman–Crippen MR) is 129 cm³/mol. The normalized spacial score (nSPS) is 14.8. The number of rotatable bonds is 6.